The van der Waals surface area contributed by atoms with Gasteiger partial charge in [0.05, 0.1) is 23.6 Å². The predicted molar refractivity (Wildman–Crippen MR) is 78.4 cm³/mol. The molecule has 0 bridgehead atoms. The Hall–Kier alpha value is -2.63. The lowest BCUT2D eigenvalue weighted by Gasteiger charge is -2.11. The van der Waals surface area contributed by atoms with E-state index < -0.39 is 5.97 Å². The molecule has 21 heavy (non-hydrogen) atoms. The SMILES string of the molecule is CCOC(=O)c1cnc(Oc2c(C)cccc2N)nc1C. The van der Waals surface area contributed by atoms with Crippen molar-refractivity contribution in [3.05, 3.63) is 41.2 Å². The van der Waals surface area contributed by atoms with Gasteiger partial charge in [-0.1, -0.05) is 12.1 Å². The first-order chi connectivity index (χ1) is 10.0. The quantitative estimate of drug-likeness (QED) is 0.687. The zero-order valence-corrected chi connectivity index (χ0v) is 12.2. The van der Waals surface area contributed by atoms with Gasteiger partial charge < -0.3 is 15.2 Å². The molecule has 0 saturated heterocycles. The van der Waals surface area contributed by atoms with Gasteiger partial charge in [0.25, 0.3) is 0 Å². The summed E-state index contributed by atoms with van der Waals surface area (Å²) >= 11 is 0. The zero-order chi connectivity index (χ0) is 15.4. The molecule has 0 aliphatic heterocycles. The van der Waals surface area contributed by atoms with Crippen LogP contribution >= 0.6 is 0 Å². The van der Waals surface area contributed by atoms with Crippen LogP contribution in [0, 0.1) is 13.8 Å². The summed E-state index contributed by atoms with van der Waals surface area (Å²) in [4.78, 5) is 19.9. The Bertz CT molecular complexity index is 651. The minimum absolute atomic E-state index is 0.140. The van der Waals surface area contributed by atoms with Crippen LogP contribution in [0.4, 0.5) is 5.69 Å². The Labute approximate surface area is 122 Å². The number of anilines is 1. The van der Waals surface area contributed by atoms with Crippen molar-refractivity contribution in [3.63, 3.8) is 0 Å². The number of carbonyl (C=O) groups is 1. The summed E-state index contributed by atoms with van der Waals surface area (Å²) in [6, 6.07) is 5.60. The maximum absolute atomic E-state index is 11.7. The van der Waals surface area contributed by atoms with Crippen LogP contribution in [-0.2, 0) is 4.74 Å². The molecular formula is C15H17N3O3. The number of nitrogen functional groups attached to an aromatic ring is 1. The van der Waals surface area contributed by atoms with Crippen molar-refractivity contribution >= 4 is 11.7 Å². The Morgan fingerprint density at radius 1 is 1.33 bits per heavy atom. The van der Waals surface area contributed by atoms with E-state index in [1.807, 2.05) is 19.1 Å². The van der Waals surface area contributed by atoms with Gasteiger partial charge in [-0.2, -0.15) is 4.98 Å². The average molecular weight is 287 g/mol. The number of ether oxygens (including phenoxy) is 2. The summed E-state index contributed by atoms with van der Waals surface area (Å²) in [5.41, 5.74) is 8.07. The fourth-order valence-corrected chi connectivity index (χ4v) is 1.81. The number of esters is 1. The first-order valence-electron chi connectivity index (χ1n) is 6.56. The lowest BCUT2D eigenvalue weighted by Crippen LogP contribution is -2.09. The minimum atomic E-state index is -0.447. The van der Waals surface area contributed by atoms with E-state index in [4.69, 9.17) is 15.2 Å². The van der Waals surface area contributed by atoms with Crippen LogP contribution in [0.5, 0.6) is 11.8 Å². The number of hydrogen-bond acceptors (Lipinski definition) is 6. The maximum Gasteiger partial charge on any atom is 0.341 e. The van der Waals surface area contributed by atoms with Gasteiger partial charge in [0.1, 0.15) is 0 Å². The van der Waals surface area contributed by atoms with E-state index in [-0.39, 0.29) is 6.01 Å². The molecule has 6 nitrogen and oxygen atoms in total. The average Bonchev–Trinajstić information content (AvgIpc) is 2.43. The van der Waals surface area contributed by atoms with Crippen LogP contribution in [-0.4, -0.2) is 22.5 Å². The number of aryl methyl sites for hydroxylation is 2. The second kappa shape index (κ2) is 6.21. The van der Waals surface area contributed by atoms with Crippen molar-refractivity contribution in [1.82, 2.24) is 9.97 Å². The summed E-state index contributed by atoms with van der Waals surface area (Å²) in [6.07, 6.45) is 1.39. The van der Waals surface area contributed by atoms with E-state index in [0.717, 1.165) is 5.56 Å². The molecule has 6 heteroatoms. The van der Waals surface area contributed by atoms with Gasteiger partial charge in [-0.25, -0.2) is 9.78 Å². The molecule has 2 aromatic rings. The highest BCUT2D eigenvalue weighted by molar-refractivity contribution is 5.90. The number of nitrogens with two attached hydrogens (primary N) is 1. The molecule has 1 heterocycles. The Kier molecular flexibility index (Phi) is 4.37. The molecule has 0 aliphatic carbocycles. The van der Waals surface area contributed by atoms with Crippen molar-refractivity contribution < 1.29 is 14.3 Å². The van der Waals surface area contributed by atoms with Crippen molar-refractivity contribution in [3.8, 4) is 11.8 Å². The Morgan fingerprint density at radius 2 is 2.10 bits per heavy atom. The number of hydrogen-bond donors (Lipinski definition) is 1. The van der Waals surface area contributed by atoms with E-state index in [0.29, 0.717) is 29.3 Å². The van der Waals surface area contributed by atoms with Crippen molar-refractivity contribution in [2.75, 3.05) is 12.3 Å². The molecule has 1 aromatic carbocycles. The van der Waals surface area contributed by atoms with Gasteiger partial charge in [0, 0.05) is 6.20 Å². The second-order valence-electron chi connectivity index (χ2n) is 4.47. The summed E-state index contributed by atoms with van der Waals surface area (Å²) in [5, 5.41) is 0. The summed E-state index contributed by atoms with van der Waals surface area (Å²) < 4.78 is 10.5. The highest BCUT2D eigenvalue weighted by Crippen LogP contribution is 2.29. The Balaban J connectivity index is 2.27. The molecule has 0 aliphatic rings. The molecule has 110 valence electrons. The molecule has 0 unspecified atom stereocenters. The Morgan fingerprint density at radius 3 is 2.71 bits per heavy atom. The van der Waals surface area contributed by atoms with E-state index in [1.165, 1.54) is 6.20 Å². The van der Waals surface area contributed by atoms with Crippen molar-refractivity contribution in [1.29, 1.82) is 0 Å². The molecule has 2 N–H and O–H groups in total. The second-order valence-corrected chi connectivity index (χ2v) is 4.47. The number of para-hydroxylation sites is 1. The number of aromatic nitrogens is 2. The summed E-state index contributed by atoms with van der Waals surface area (Å²) in [5.74, 6) is 0.0674. The van der Waals surface area contributed by atoms with Crippen LogP contribution in [0.2, 0.25) is 0 Å². The third kappa shape index (κ3) is 3.28. The van der Waals surface area contributed by atoms with Crippen LogP contribution in [0.3, 0.4) is 0 Å². The molecule has 0 fully saturated rings. The number of carbonyl (C=O) groups excluding carboxylic acids is 1. The standard InChI is InChI=1S/C15H17N3O3/c1-4-20-14(19)11-8-17-15(18-10(11)3)21-13-9(2)6-5-7-12(13)16/h5-8H,4,16H2,1-3H3. The minimum Gasteiger partial charge on any atom is -0.462 e. The molecule has 0 saturated carbocycles. The highest BCUT2D eigenvalue weighted by atomic mass is 16.5. The summed E-state index contributed by atoms with van der Waals surface area (Å²) in [6.45, 7) is 5.62. The third-order valence-corrected chi connectivity index (χ3v) is 2.89. The molecular weight excluding hydrogens is 270 g/mol. The van der Waals surface area contributed by atoms with Gasteiger partial charge in [-0.3, -0.25) is 0 Å². The van der Waals surface area contributed by atoms with Crippen molar-refractivity contribution in [2.45, 2.75) is 20.8 Å². The third-order valence-electron chi connectivity index (χ3n) is 2.89. The molecule has 0 atom stereocenters. The van der Waals surface area contributed by atoms with Gasteiger partial charge in [-0.15, -0.1) is 0 Å². The van der Waals surface area contributed by atoms with Crippen LogP contribution in [0.1, 0.15) is 28.5 Å². The van der Waals surface area contributed by atoms with Crippen LogP contribution in [0.25, 0.3) is 0 Å². The topological polar surface area (TPSA) is 87.3 Å². The fourth-order valence-electron chi connectivity index (χ4n) is 1.81. The van der Waals surface area contributed by atoms with Gasteiger partial charge in [0.2, 0.25) is 0 Å². The van der Waals surface area contributed by atoms with Gasteiger partial charge in [0.15, 0.2) is 5.75 Å². The van der Waals surface area contributed by atoms with Gasteiger partial charge in [-0.05, 0) is 32.4 Å². The molecule has 2 rings (SSSR count). The zero-order valence-electron chi connectivity index (χ0n) is 12.2. The van der Waals surface area contributed by atoms with Crippen LogP contribution < -0.4 is 10.5 Å². The smallest absolute Gasteiger partial charge is 0.341 e. The lowest BCUT2D eigenvalue weighted by molar-refractivity contribution is 0.0524. The number of nitrogens with zero attached hydrogens (tertiary/aromatic N) is 2. The van der Waals surface area contributed by atoms with E-state index in [9.17, 15) is 4.79 Å². The molecule has 0 amide bonds. The maximum atomic E-state index is 11.7. The monoisotopic (exact) mass is 287 g/mol. The molecule has 0 radical (unpaired) electrons. The highest BCUT2D eigenvalue weighted by Gasteiger charge is 2.14. The number of benzene rings is 1. The molecule has 1 aromatic heterocycles. The predicted octanol–water partition coefficient (Wildman–Crippen LogP) is 2.64. The fraction of sp³-hybridized carbons (Fsp3) is 0.267. The summed E-state index contributed by atoms with van der Waals surface area (Å²) in [7, 11) is 0. The first-order valence-corrected chi connectivity index (χ1v) is 6.56. The lowest BCUT2D eigenvalue weighted by atomic mass is 10.2. The van der Waals surface area contributed by atoms with E-state index in [1.54, 1.807) is 19.9 Å². The van der Waals surface area contributed by atoms with Crippen LogP contribution in [0.15, 0.2) is 24.4 Å². The van der Waals surface area contributed by atoms with E-state index in [2.05, 4.69) is 9.97 Å². The van der Waals surface area contributed by atoms with E-state index >= 15 is 0 Å². The molecule has 0 spiro atoms. The first kappa shape index (κ1) is 14.8. The van der Waals surface area contributed by atoms with Gasteiger partial charge >= 0.3 is 12.0 Å². The number of rotatable bonds is 4. The normalized spacial score (nSPS) is 10.2. The largest absolute Gasteiger partial charge is 0.462 e. The van der Waals surface area contributed by atoms with Crippen molar-refractivity contribution in [2.24, 2.45) is 0 Å².